The lowest BCUT2D eigenvalue weighted by molar-refractivity contribution is 0.0932. The molecule has 1 N–H and O–H groups in total. The zero-order chi connectivity index (χ0) is 22.7. The van der Waals surface area contributed by atoms with E-state index in [1.165, 1.54) is 15.4 Å². The number of fused-ring (bicyclic) bond motifs is 1. The zero-order valence-electron chi connectivity index (χ0n) is 18.4. The minimum atomic E-state index is -3.57. The summed E-state index contributed by atoms with van der Waals surface area (Å²) in [4.78, 5) is 13.1. The molecule has 0 spiro atoms. The number of carbonyl (C=O) groups excluding carboxylic acids is 1. The van der Waals surface area contributed by atoms with Crippen LogP contribution in [0.25, 0.3) is 0 Å². The Balaban J connectivity index is 1.42. The smallest absolute Gasteiger partial charge is 0.251 e. The molecular formula is C26H28N2O3S. The van der Waals surface area contributed by atoms with E-state index in [0.29, 0.717) is 5.56 Å². The largest absolute Gasteiger partial charge is 0.345 e. The topological polar surface area (TPSA) is 66.5 Å². The van der Waals surface area contributed by atoms with Gasteiger partial charge in [0.2, 0.25) is 10.0 Å². The summed E-state index contributed by atoms with van der Waals surface area (Å²) < 4.78 is 26.9. The third kappa shape index (κ3) is 4.76. The van der Waals surface area contributed by atoms with Gasteiger partial charge in [0.25, 0.3) is 5.91 Å². The van der Waals surface area contributed by atoms with Crippen LogP contribution in [-0.4, -0.2) is 25.7 Å². The lowest BCUT2D eigenvalue weighted by Crippen LogP contribution is -2.31. The van der Waals surface area contributed by atoms with Crippen LogP contribution in [0.15, 0.2) is 77.7 Å². The zero-order valence-corrected chi connectivity index (χ0v) is 19.2. The normalized spacial score (nSPS) is 15.9. The molecule has 1 aliphatic rings. The molecule has 1 unspecified atom stereocenters. The third-order valence-corrected chi connectivity index (χ3v) is 7.84. The van der Waals surface area contributed by atoms with Gasteiger partial charge in [-0.3, -0.25) is 4.79 Å². The molecule has 32 heavy (non-hydrogen) atoms. The van der Waals surface area contributed by atoms with Crippen molar-refractivity contribution in [2.45, 2.75) is 43.7 Å². The Hall–Kier alpha value is -2.96. The first kappa shape index (κ1) is 22.2. The van der Waals surface area contributed by atoms with Crippen molar-refractivity contribution in [2.75, 3.05) is 7.05 Å². The van der Waals surface area contributed by atoms with Crippen molar-refractivity contribution < 1.29 is 13.2 Å². The molecule has 0 saturated carbocycles. The van der Waals surface area contributed by atoms with E-state index >= 15 is 0 Å². The van der Waals surface area contributed by atoms with Gasteiger partial charge in [-0.1, -0.05) is 54.1 Å². The number of sulfonamides is 1. The number of hydrogen-bond acceptors (Lipinski definition) is 3. The van der Waals surface area contributed by atoms with Crippen LogP contribution in [0.3, 0.4) is 0 Å². The molecular weight excluding hydrogens is 420 g/mol. The summed E-state index contributed by atoms with van der Waals surface area (Å²) in [5.74, 6) is -0.112. The number of aryl methyl sites for hydroxylation is 2. The van der Waals surface area contributed by atoms with Gasteiger partial charge in [0.05, 0.1) is 10.9 Å². The number of hydrogen-bond donors (Lipinski definition) is 1. The Morgan fingerprint density at radius 1 is 1.00 bits per heavy atom. The van der Waals surface area contributed by atoms with Gasteiger partial charge in [0.1, 0.15) is 0 Å². The Morgan fingerprint density at radius 2 is 1.69 bits per heavy atom. The van der Waals surface area contributed by atoms with Crippen LogP contribution in [0.4, 0.5) is 0 Å². The highest BCUT2D eigenvalue weighted by atomic mass is 32.2. The van der Waals surface area contributed by atoms with Crippen molar-refractivity contribution in [1.29, 1.82) is 0 Å². The van der Waals surface area contributed by atoms with E-state index in [0.717, 1.165) is 30.4 Å². The molecule has 0 aliphatic heterocycles. The van der Waals surface area contributed by atoms with E-state index in [4.69, 9.17) is 0 Å². The van der Waals surface area contributed by atoms with Crippen LogP contribution < -0.4 is 5.32 Å². The lowest BCUT2D eigenvalue weighted by Gasteiger charge is -2.26. The van der Waals surface area contributed by atoms with E-state index in [1.54, 1.807) is 43.4 Å². The second-order valence-electron chi connectivity index (χ2n) is 8.39. The van der Waals surface area contributed by atoms with Gasteiger partial charge >= 0.3 is 0 Å². The molecule has 0 bridgehead atoms. The van der Waals surface area contributed by atoms with Crippen molar-refractivity contribution in [3.8, 4) is 0 Å². The highest BCUT2D eigenvalue weighted by molar-refractivity contribution is 7.89. The SMILES string of the molecule is Cc1ccc(S(=O)(=O)N(C)Cc2ccc(C(=O)NC3CCCc4ccccc43)cc2)cc1. The summed E-state index contributed by atoms with van der Waals surface area (Å²) in [6.07, 6.45) is 3.04. The average Bonchev–Trinajstić information content (AvgIpc) is 2.80. The van der Waals surface area contributed by atoms with Crippen molar-refractivity contribution in [3.05, 3.63) is 101 Å². The number of carbonyl (C=O) groups is 1. The summed E-state index contributed by atoms with van der Waals surface area (Å²) in [6, 6.07) is 22.3. The van der Waals surface area contributed by atoms with Crippen LogP contribution in [0.2, 0.25) is 0 Å². The standard InChI is InChI=1S/C26H28N2O3S/c1-19-10-16-23(17-11-19)32(30,31)28(2)18-20-12-14-22(15-13-20)26(29)27-25-9-5-7-21-6-3-4-8-24(21)25/h3-4,6,8,10-17,25H,5,7,9,18H2,1-2H3,(H,27,29). The number of benzene rings is 3. The van der Waals surface area contributed by atoms with Gasteiger partial charge in [-0.05, 0) is 67.1 Å². The van der Waals surface area contributed by atoms with Crippen LogP contribution in [-0.2, 0) is 23.0 Å². The fraction of sp³-hybridized carbons (Fsp3) is 0.269. The van der Waals surface area contributed by atoms with Gasteiger partial charge in [0, 0.05) is 19.2 Å². The Labute approximate surface area is 190 Å². The summed E-state index contributed by atoms with van der Waals surface area (Å²) in [7, 11) is -2.01. The number of rotatable bonds is 6. The Morgan fingerprint density at radius 3 is 2.41 bits per heavy atom. The predicted octanol–water partition coefficient (Wildman–Crippen LogP) is 4.62. The predicted molar refractivity (Wildman–Crippen MR) is 126 cm³/mol. The molecule has 166 valence electrons. The quantitative estimate of drug-likeness (QED) is 0.598. The summed E-state index contributed by atoms with van der Waals surface area (Å²) in [6.45, 7) is 2.15. The number of nitrogens with one attached hydrogen (secondary N) is 1. The van der Waals surface area contributed by atoms with Crippen LogP contribution in [0.5, 0.6) is 0 Å². The molecule has 0 radical (unpaired) electrons. The van der Waals surface area contributed by atoms with Gasteiger partial charge in [-0.2, -0.15) is 4.31 Å². The monoisotopic (exact) mass is 448 g/mol. The number of amides is 1. The van der Waals surface area contributed by atoms with Gasteiger partial charge in [0.15, 0.2) is 0 Å². The van der Waals surface area contributed by atoms with E-state index in [-0.39, 0.29) is 23.4 Å². The first-order chi connectivity index (χ1) is 15.3. The average molecular weight is 449 g/mol. The van der Waals surface area contributed by atoms with E-state index in [9.17, 15) is 13.2 Å². The second-order valence-corrected chi connectivity index (χ2v) is 10.4. The van der Waals surface area contributed by atoms with Crippen molar-refractivity contribution in [2.24, 2.45) is 0 Å². The lowest BCUT2D eigenvalue weighted by atomic mass is 9.87. The molecule has 0 aromatic heterocycles. The summed E-state index contributed by atoms with van der Waals surface area (Å²) in [5, 5.41) is 3.16. The highest BCUT2D eigenvalue weighted by Gasteiger charge is 2.23. The van der Waals surface area contributed by atoms with Crippen molar-refractivity contribution in [3.63, 3.8) is 0 Å². The molecule has 0 heterocycles. The summed E-state index contributed by atoms with van der Waals surface area (Å²) in [5.41, 5.74) is 4.91. The molecule has 0 fully saturated rings. The Bertz CT molecular complexity index is 1200. The molecule has 5 nitrogen and oxygen atoms in total. The molecule has 0 saturated heterocycles. The minimum absolute atomic E-state index is 0.0258. The number of nitrogens with zero attached hydrogens (tertiary/aromatic N) is 1. The first-order valence-electron chi connectivity index (χ1n) is 10.9. The van der Waals surface area contributed by atoms with E-state index in [1.807, 2.05) is 31.2 Å². The van der Waals surface area contributed by atoms with Crippen LogP contribution >= 0.6 is 0 Å². The fourth-order valence-corrected chi connectivity index (χ4v) is 5.30. The molecule has 6 heteroatoms. The molecule has 1 aliphatic carbocycles. The Kier molecular flexibility index (Phi) is 6.44. The maximum Gasteiger partial charge on any atom is 0.251 e. The molecule has 3 aromatic carbocycles. The third-order valence-electron chi connectivity index (χ3n) is 6.03. The van der Waals surface area contributed by atoms with Crippen molar-refractivity contribution >= 4 is 15.9 Å². The van der Waals surface area contributed by atoms with Crippen molar-refractivity contribution in [1.82, 2.24) is 9.62 Å². The van der Waals surface area contributed by atoms with Crippen LogP contribution in [0.1, 0.15) is 51.5 Å². The highest BCUT2D eigenvalue weighted by Crippen LogP contribution is 2.29. The minimum Gasteiger partial charge on any atom is -0.345 e. The van der Waals surface area contributed by atoms with Gasteiger partial charge < -0.3 is 5.32 Å². The fourth-order valence-electron chi connectivity index (χ4n) is 4.14. The maximum absolute atomic E-state index is 12.8. The van der Waals surface area contributed by atoms with E-state index < -0.39 is 10.0 Å². The second kappa shape index (κ2) is 9.27. The van der Waals surface area contributed by atoms with Gasteiger partial charge in [-0.15, -0.1) is 0 Å². The molecule has 1 amide bonds. The first-order valence-corrected chi connectivity index (χ1v) is 12.3. The van der Waals surface area contributed by atoms with Gasteiger partial charge in [-0.25, -0.2) is 8.42 Å². The van der Waals surface area contributed by atoms with Crippen LogP contribution in [0, 0.1) is 6.92 Å². The molecule has 1 atom stereocenters. The molecule has 4 rings (SSSR count). The maximum atomic E-state index is 12.8. The molecule has 3 aromatic rings. The van der Waals surface area contributed by atoms with E-state index in [2.05, 4.69) is 17.4 Å². The summed E-state index contributed by atoms with van der Waals surface area (Å²) >= 11 is 0.